The summed E-state index contributed by atoms with van der Waals surface area (Å²) in [4.78, 5) is 11.2. The summed E-state index contributed by atoms with van der Waals surface area (Å²) < 4.78 is 12.4. The molecule has 5 nitrogen and oxygen atoms in total. The molecule has 0 aliphatic carbocycles. The van der Waals surface area contributed by atoms with Gasteiger partial charge in [-0.2, -0.15) is 5.10 Å². The molecule has 0 saturated carbocycles. The van der Waals surface area contributed by atoms with Crippen molar-refractivity contribution in [3.63, 3.8) is 0 Å². The van der Waals surface area contributed by atoms with Crippen molar-refractivity contribution in [2.24, 2.45) is 0 Å². The van der Waals surface area contributed by atoms with Crippen LogP contribution < -0.4 is 9.47 Å². The van der Waals surface area contributed by atoms with Crippen molar-refractivity contribution in [1.29, 1.82) is 0 Å². The van der Waals surface area contributed by atoms with E-state index in [0.717, 1.165) is 24.0 Å². The van der Waals surface area contributed by atoms with Crippen molar-refractivity contribution in [1.82, 2.24) is 9.78 Å². The van der Waals surface area contributed by atoms with Crippen molar-refractivity contribution < 1.29 is 14.3 Å². The number of fused-ring (bicyclic) bond motifs is 1. The Labute approximate surface area is 104 Å². The highest BCUT2D eigenvalue weighted by Crippen LogP contribution is 2.38. The lowest BCUT2D eigenvalue weighted by Crippen LogP contribution is -1.92. The molecule has 0 unspecified atom stereocenters. The summed E-state index contributed by atoms with van der Waals surface area (Å²) in [7, 11) is 0. The summed E-state index contributed by atoms with van der Waals surface area (Å²) in [5.74, 6) is 1.28. The standard InChI is InChI=1S/C13H12N2O3/c1-2-15-6-10(5-14-15)11-4-13-12(17-8-18-13)3-9(11)7-16/h3-7H,2,8H2,1H3. The molecule has 3 rings (SSSR count). The molecule has 0 bridgehead atoms. The van der Waals surface area contributed by atoms with Crippen LogP contribution in [0.4, 0.5) is 0 Å². The molecule has 1 aromatic carbocycles. The van der Waals surface area contributed by atoms with Gasteiger partial charge in [0.2, 0.25) is 6.79 Å². The fraction of sp³-hybridized carbons (Fsp3) is 0.231. The van der Waals surface area contributed by atoms with Gasteiger partial charge in [-0.15, -0.1) is 0 Å². The number of nitrogens with zero attached hydrogens (tertiary/aromatic N) is 2. The van der Waals surface area contributed by atoms with Crippen LogP contribution in [0, 0.1) is 0 Å². The lowest BCUT2D eigenvalue weighted by molar-refractivity contribution is 0.112. The van der Waals surface area contributed by atoms with Gasteiger partial charge in [-0.05, 0) is 24.6 Å². The van der Waals surface area contributed by atoms with Crippen molar-refractivity contribution in [3.05, 3.63) is 30.1 Å². The molecule has 0 saturated heterocycles. The molecule has 0 N–H and O–H groups in total. The summed E-state index contributed by atoms with van der Waals surface area (Å²) in [6.45, 7) is 3.00. The maximum atomic E-state index is 11.2. The second-order valence-electron chi connectivity index (χ2n) is 4.00. The molecule has 5 heteroatoms. The molecule has 0 fully saturated rings. The summed E-state index contributed by atoms with van der Waals surface area (Å²) >= 11 is 0. The molecule has 1 aliphatic rings. The summed E-state index contributed by atoms with van der Waals surface area (Å²) in [5.41, 5.74) is 2.29. The minimum absolute atomic E-state index is 0.200. The molecule has 1 aliphatic heterocycles. The number of aromatic nitrogens is 2. The van der Waals surface area contributed by atoms with E-state index in [1.165, 1.54) is 0 Å². The summed E-state index contributed by atoms with van der Waals surface area (Å²) in [6.07, 6.45) is 4.47. The lowest BCUT2D eigenvalue weighted by atomic mass is 10.0. The predicted molar refractivity (Wildman–Crippen MR) is 64.8 cm³/mol. The van der Waals surface area contributed by atoms with Crippen LogP contribution in [-0.4, -0.2) is 22.9 Å². The molecule has 2 aromatic rings. The number of rotatable bonds is 3. The van der Waals surface area contributed by atoms with Gasteiger partial charge < -0.3 is 9.47 Å². The van der Waals surface area contributed by atoms with E-state index >= 15 is 0 Å². The monoisotopic (exact) mass is 244 g/mol. The number of aldehydes is 1. The molecule has 0 amide bonds. The van der Waals surface area contributed by atoms with Gasteiger partial charge >= 0.3 is 0 Å². The first kappa shape index (κ1) is 10.8. The third-order valence-corrected chi connectivity index (χ3v) is 2.94. The highest BCUT2D eigenvalue weighted by molar-refractivity contribution is 5.89. The van der Waals surface area contributed by atoms with E-state index in [1.54, 1.807) is 12.3 Å². The summed E-state index contributed by atoms with van der Waals surface area (Å²) in [6, 6.07) is 3.52. The van der Waals surface area contributed by atoms with Crippen LogP contribution in [0.1, 0.15) is 17.3 Å². The van der Waals surface area contributed by atoms with E-state index in [0.29, 0.717) is 17.1 Å². The third kappa shape index (κ3) is 1.64. The number of carbonyl (C=O) groups excluding carboxylic acids is 1. The number of aryl methyl sites for hydroxylation is 1. The Morgan fingerprint density at radius 3 is 2.83 bits per heavy atom. The topological polar surface area (TPSA) is 53.4 Å². The Morgan fingerprint density at radius 1 is 1.39 bits per heavy atom. The van der Waals surface area contributed by atoms with Crippen LogP contribution in [0.3, 0.4) is 0 Å². The molecule has 18 heavy (non-hydrogen) atoms. The number of hydrogen-bond donors (Lipinski definition) is 0. The molecular formula is C13H12N2O3. The SMILES string of the molecule is CCn1cc(-c2cc3c(cc2C=O)OCO3)cn1. The van der Waals surface area contributed by atoms with Crippen LogP contribution in [0.25, 0.3) is 11.1 Å². The van der Waals surface area contributed by atoms with Gasteiger partial charge in [0.05, 0.1) is 6.20 Å². The first-order valence-electron chi connectivity index (χ1n) is 5.73. The first-order chi connectivity index (χ1) is 8.81. The Morgan fingerprint density at radius 2 is 2.17 bits per heavy atom. The summed E-state index contributed by atoms with van der Waals surface area (Å²) in [5, 5.41) is 4.21. The number of ether oxygens (including phenoxy) is 2. The van der Waals surface area contributed by atoms with Gasteiger partial charge in [0.1, 0.15) is 0 Å². The smallest absolute Gasteiger partial charge is 0.231 e. The van der Waals surface area contributed by atoms with Crippen molar-refractivity contribution in [2.45, 2.75) is 13.5 Å². The molecule has 92 valence electrons. The lowest BCUT2D eigenvalue weighted by Gasteiger charge is -2.04. The van der Waals surface area contributed by atoms with Crippen LogP contribution in [0.15, 0.2) is 24.5 Å². The largest absolute Gasteiger partial charge is 0.454 e. The second-order valence-corrected chi connectivity index (χ2v) is 4.00. The van der Waals surface area contributed by atoms with Gasteiger partial charge in [0.25, 0.3) is 0 Å². The zero-order valence-electron chi connectivity index (χ0n) is 9.92. The quantitative estimate of drug-likeness (QED) is 0.776. The van der Waals surface area contributed by atoms with Crippen molar-refractivity contribution >= 4 is 6.29 Å². The normalized spacial score (nSPS) is 12.7. The van der Waals surface area contributed by atoms with E-state index < -0.39 is 0 Å². The molecular weight excluding hydrogens is 232 g/mol. The van der Waals surface area contributed by atoms with E-state index in [1.807, 2.05) is 23.9 Å². The van der Waals surface area contributed by atoms with E-state index in [2.05, 4.69) is 5.10 Å². The Kier molecular flexibility index (Phi) is 2.51. The van der Waals surface area contributed by atoms with Gasteiger partial charge in [-0.3, -0.25) is 9.48 Å². The van der Waals surface area contributed by atoms with Crippen LogP contribution in [0.5, 0.6) is 11.5 Å². The van der Waals surface area contributed by atoms with Crippen LogP contribution >= 0.6 is 0 Å². The highest BCUT2D eigenvalue weighted by Gasteiger charge is 2.18. The van der Waals surface area contributed by atoms with Crippen molar-refractivity contribution in [2.75, 3.05) is 6.79 Å². The first-order valence-corrected chi connectivity index (χ1v) is 5.73. The minimum atomic E-state index is 0.200. The highest BCUT2D eigenvalue weighted by atomic mass is 16.7. The van der Waals surface area contributed by atoms with Gasteiger partial charge in [0, 0.05) is 23.9 Å². The van der Waals surface area contributed by atoms with Crippen LogP contribution in [0.2, 0.25) is 0 Å². The van der Waals surface area contributed by atoms with E-state index in [9.17, 15) is 4.79 Å². The van der Waals surface area contributed by atoms with Gasteiger partial charge in [-0.25, -0.2) is 0 Å². The van der Waals surface area contributed by atoms with Gasteiger partial charge in [0.15, 0.2) is 17.8 Å². The maximum absolute atomic E-state index is 11.2. The average molecular weight is 244 g/mol. The van der Waals surface area contributed by atoms with E-state index in [-0.39, 0.29) is 6.79 Å². The molecule has 0 atom stereocenters. The molecule has 2 heterocycles. The zero-order valence-corrected chi connectivity index (χ0v) is 9.92. The Bertz CT molecular complexity index is 604. The fourth-order valence-corrected chi connectivity index (χ4v) is 1.98. The third-order valence-electron chi connectivity index (χ3n) is 2.94. The van der Waals surface area contributed by atoms with Crippen LogP contribution in [-0.2, 0) is 6.54 Å². The van der Waals surface area contributed by atoms with Crippen molar-refractivity contribution in [3.8, 4) is 22.6 Å². The zero-order chi connectivity index (χ0) is 12.5. The Balaban J connectivity index is 2.12. The fourth-order valence-electron chi connectivity index (χ4n) is 1.98. The van der Waals surface area contributed by atoms with E-state index in [4.69, 9.17) is 9.47 Å². The number of carbonyl (C=O) groups is 1. The predicted octanol–water partition coefficient (Wildman–Crippen LogP) is 2.11. The molecule has 0 spiro atoms. The minimum Gasteiger partial charge on any atom is -0.454 e. The molecule has 0 radical (unpaired) electrons. The Hall–Kier alpha value is -2.30. The van der Waals surface area contributed by atoms with Gasteiger partial charge in [-0.1, -0.05) is 0 Å². The average Bonchev–Trinajstić information content (AvgIpc) is 3.05. The number of hydrogen-bond acceptors (Lipinski definition) is 4. The molecule has 1 aromatic heterocycles. The number of benzene rings is 1. The maximum Gasteiger partial charge on any atom is 0.231 e. The second kappa shape index (κ2) is 4.18.